The van der Waals surface area contributed by atoms with Crippen molar-refractivity contribution in [3.8, 4) is 5.75 Å². The van der Waals surface area contributed by atoms with Crippen LogP contribution in [0.4, 0.5) is 18.9 Å². The Bertz CT molecular complexity index is 738. The van der Waals surface area contributed by atoms with Crippen molar-refractivity contribution in [2.45, 2.75) is 63.4 Å². The second-order valence-electron chi connectivity index (χ2n) is 8.26. The first-order valence-electron chi connectivity index (χ1n) is 9.41. The van der Waals surface area contributed by atoms with Crippen molar-refractivity contribution in [1.82, 2.24) is 4.72 Å². The molecule has 2 rings (SSSR count). The summed E-state index contributed by atoms with van der Waals surface area (Å²) in [5.41, 5.74) is 0.704. The van der Waals surface area contributed by atoms with E-state index in [1.54, 1.807) is 39.0 Å². The summed E-state index contributed by atoms with van der Waals surface area (Å²) < 4.78 is 68.0. The first-order valence-corrected chi connectivity index (χ1v) is 10.9. The summed E-state index contributed by atoms with van der Waals surface area (Å²) in [4.78, 5) is 0. The Kier molecular flexibility index (Phi) is 7.25. The number of ether oxygens (including phenoxy) is 1. The quantitative estimate of drug-likeness (QED) is 0.687. The molecule has 1 aromatic carbocycles. The van der Waals surface area contributed by atoms with E-state index >= 15 is 0 Å². The van der Waals surface area contributed by atoms with Gasteiger partial charge in [0.05, 0.1) is 4.75 Å². The van der Waals surface area contributed by atoms with Crippen molar-refractivity contribution in [3.63, 3.8) is 0 Å². The molecule has 0 heterocycles. The molecule has 0 amide bonds. The molecule has 1 saturated carbocycles. The van der Waals surface area contributed by atoms with E-state index in [0.29, 0.717) is 18.2 Å². The molecular formula is C19H29F3N2O3S. The van der Waals surface area contributed by atoms with E-state index in [0.717, 1.165) is 25.7 Å². The second kappa shape index (κ2) is 8.90. The number of rotatable bonds is 7. The number of nitrogens with one attached hydrogen (secondary N) is 2. The van der Waals surface area contributed by atoms with Crippen LogP contribution < -0.4 is 14.8 Å². The fraction of sp³-hybridized carbons (Fsp3) is 0.684. The van der Waals surface area contributed by atoms with Crippen LogP contribution in [0.25, 0.3) is 0 Å². The first kappa shape index (κ1) is 22.8. The van der Waals surface area contributed by atoms with Crippen molar-refractivity contribution < 1.29 is 26.3 Å². The van der Waals surface area contributed by atoms with Gasteiger partial charge in [0.25, 0.3) is 0 Å². The minimum Gasteiger partial charge on any atom is -0.484 e. The Morgan fingerprint density at radius 2 is 1.75 bits per heavy atom. The predicted octanol–water partition coefficient (Wildman–Crippen LogP) is 4.32. The lowest BCUT2D eigenvalue weighted by molar-refractivity contribution is -0.153. The molecule has 160 valence electrons. The third kappa shape index (κ3) is 7.16. The number of benzene rings is 1. The zero-order chi connectivity index (χ0) is 21.0. The number of anilines is 1. The topological polar surface area (TPSA) is 67.4 Å². The fourth-order valence-corrected chi connectivity index (χ4v) is 4.03. The van der Waals surface area contributed by atoms with Crippen LogP contribution >= 0.6 is 0 Å². The van der Waals surface area contributed by atoms with Gasteiger partial charge in [-0.2, -0.15) is 13.2 Å². The standard InChI is InChI=1S/C19H29F3N2O3S/c1-18(2,3)28(25,26)24-15-9-7-14(8-10-15)12-23-16-5-4-6-17(11-16)27-13-19(20,21)22/h4-6,11,14-15,23-24H,7-10,12-13H2,1-3H3. The highest BCUT2D eigenvalue weighted by Crippen LogP contribution is 2.27. The van der Waals surface area contributed by atoms with Gasteiger partial charge in [0, 0.05) is 24.3 Å². The van der Waals surface area contributed by atoms with E-state index in [4.69, 9.17) is 4.74 Å². The predicted molar refractivity (Wildman–Crippen MR) is 104 cm³/mol. The Morgan fingerprint density at radius 1 is 1.11 bits per heavy atom. The first-order chi connectivity index (χ1) is 12.9. The summed E-state index contributed by atoms with van der Waals surface area (Å²) in [6.45, 7) is 4.40. The van der Waals surface area contributed by atoms with Crippen LogP contribution in [0.1, 0.15) is 46.5 Å². The van der Waals surface area contributed by atoms with Gasteiger partial charge in [0.1, 0.15) is 5.75 Å². The van der Waals surface area contributed by atoms with Gasteiger partial charge in [-0.25, -0.2) is 13.1 Å². The van der Waals surface area contributed by atoms with Gasteiger partial charge in [-0.3, -0.25) is 0 Å². The van der Waals surface area contributed by atoms with Gasteiger partial charge in [0.15, 0.2) is 6.61 Å². The van der Waals surface area contributed by atoms with Crippen molar-refractivity contribution in [2.75, 3.05) is 18.5 Å². The Labute approximate surface area is 165 Å². The maximum atomic E-state index is 12.3. The van der Waals surface area contributed by atoms with E-state index in [-0.39, 0.29) is 11.8 Å². The van der Waals surface area contributed by atoms with Gasteiger partial charge < -0.3 is 10.1 Å². The lowest BCUT2D eigenvalue weighted by Crippen LogP contribution is -2.46. The number of sulfonamides is 1. The number of alkyl halides is 3. The average molecular weight is 423 g/mol. The smallest absolute Gasteiger partial charge is 0.422 e. The van der Waals surface area contributed by atoms with Crippen molar-refractivity contribution >= 4 is 15.7 Å². The molecule has 0 saturated heterocycles. The lowest BCUT2D eigenvalue weighted by Gasteiger charge is -2.31. The monoisotopic (exact) mass is 422 g/mol. The molecule has 0 aliphatic heterocycles. The molecule has 0 radical (unpaired) electrons. The van der Waals surface area contributed by atoms with Crippen molar-refractivity contribution in [1.29, 1.82) is 0 Å². The van der Waals surface area contributed by atoms with E-state index in [1.807, 2.05) is 0 Å². The summed E-state index contributed by atoms with van der Waals surface area (Å²) in [5, 5.41) is 3.24. The average Bonchev–Trinajstić information content (AvgIpc) is 2.58. The molecule has 1 aliphatic carbocycles. The second-order valence-corrected chi connectivity index (χ2v) is 10.7. The normalized spacial score (nSPS) is 21.4. The molecule has 1 aliphatic rings. The maximum Gasteiger partial charge on any atom is 0.422 e. The zero-order valence-corrected chi connectivity index (χ0v) is 17.3. The van der Waals surface area contributed by atoms with E-state index in [1.165, 1.54) is 6.07 Å². The summed E-state index contributed by atoms with van der Waals surface area (Å²) in [6.07, 6.45) is -1.05. The third-order valence-corrected chi connectivity index (χ3v) is 7.06. The molecule has 1 fully saturated rings. The minimum atomic E-state index is -4.36. The van der Waals surface area contributed by atoms with Gasteiger partial charge in [-0.1, -0.05) is 6.07 Å². The van der Waals surface area contributed by atoms with Crippen LogP contribution in [0.2, 0.25) is 0 Å². The minimum absolute atomic E-state index is 0.0421. The molecule has 0 bridgehead atoms. The zero-order valence-electron chi connectivity index (χ0n) is 16.5. The highest BCUT2D eigenvalue weighted by Gasteiger charge is 2.32. The maximum absolute atomic E-state index is 12.3. The molecule has 28 heavy (non-hydrogen) atoms. The number of hydrogen-bond donors (Lipinski definition) is 2. The summed E-state index contributed by atoms with van der Waals surface area (Å²) in [5.74, 6) is 0.553. The Balaban J connectivity index is 1.78. The van der Waals surface area contributed by atoms with Crippen molar-refractivity contribution in [3.05, 3.63) is 24.3 Å². The molecule has 1 aromatic rings. The highest BCUT2D eigenvalue weighted by molar-refractivity contribution is 7.90. The van der Waals surface area contributed by atoms with Crippen LogP contribution in [0.15, 0.2) is 24.3 Å². The summed E-state index contributed by atoms with van der Waals surface area (Å²) in [7, 11) is -3.35. The van der Waals surface area contributed by atoms with Crippen LogP contribution in [-0.4, -0.2) is 38.5 Å². The Morgan fingerprint density at radius 3 is 2.32 bits per heavy atom. The van der Waals surface area contributed by atoms with E-state index in [2.05, 4.69) is 10.0 Å². The molecule has 5 nitrogen and oxygen atoms in total. The van der Waals surface area contributed by atoms with Gasteiger partial charge in [-0.15, -0.1) is 0 Å². The molecule has 0 unspecified atom stereocenters. The van der Waals surface area contributed by atoms with Gasteiger partial charge in [-0.05, 0) is 64.5 Å². The van der Waals surface area contributed by atoms with Crippen LogP contribution in [0.5, 0.6) is 5.75 Å². The summed E-state index contributed by atoms with van der Waals surface area (Å²) >= 11 is 0. The largest absolute Gasteiger partial charge is 0.484 e. The van der Waals surface area contributed by atoms with E-state index < -0.39 is 27.6 Å². The highest BCUT2D eigenvalue weighted by atomic mass is 32.2. The summed E-state index contributed by atoms with van der Waals surface area (Å²) in [6, 6.07) is 6.42. The molecule has 0 spiro atoms. The van der Waals surface area contributed by atoms with Crippen LogP contribution in [-0.2, 0) is 10.0 Å². The molecular weight excluding hydrogens is 393 g/mol. The molecule has 0 atom stereocenters. The van der Waals surface area contributed by atoms with Gasteiger partial charge >= 0.3 is 6.18 Å². The number of hydrogen-bond acceptors (Lipinski definition) is 4. The lowest BCUT2D eigenvalue weighted by atomic mass is 9.86. The number of halogens is 3. The molecule has 9 heteroatoms. The molecule has 2 N–H and O–H groups in total. The SMILES string of the molecule is CC(C)(C)S(=O)(=O)NC1CCC(CNc2cccc(OCC(F)(F)F)c2)CC1. The van der Waals surface area contributed by atoms with Crippen molar-refractivity contribution in [2.24, 2.45) is 5.92 Å². The Hall–Kier alpha value is -1.48. The van der Waals surface area contributed by atoms with E-state index in [9.17, 15) is 21.6 Å². The van der Waals surface area contributed by atoms with Gasteiger partial charge in [0.2, 0.25) is 10.0 Å². The molecule has 0 aromatic heterocycles. The van der Waals surface area contributed by atoms with Crippen LogP contribution in [0.3, 0.4) is 0 Å². The third-order valence-electron chi connectivity index (χ3n) is 4.81. The fourth-order valence-electron chi connectivity index (χ4n) is 3.00. The van der Waals surface area contributed by atoms with Crippen LogP contribution in [0, 0.1) is 5.92 Å².